The number of rotatable bonds is 5. The second-order valence-electron chi connectivity index (χ2n) is 4.28. The van der Waals surface area contributed by atoms with Crippen molar-refractivity contribution in [3.05, 3.63) is 58.1 Å². The zero-order chi connectivity index (χ0) is 13.7. The maximum atomic E-state index is 5.31. The summed E-state index contributed by atoms with van der Waals surface area (Å²) in [6.07, 6.45) is 1.94. The molecule has 0 saturated carbocycles. The summed E-state index contributed by atoms with van der Waals surface area (Å²) in [6, 6.07) is 14.3. The highest BCUT2D eigenvalue weighted by Gasteiger charge is 2.06. The Bertz CT molecular complexity index is 552. The Morgan fingerprint density at radius 2 is 1.74 bits per heavy atom. The lowest BCUT2D eigenvalue weighted by molar-refractivity contribution is 0.411. The summed E-state index contributed by atoms with van der Waals surface area (Å²) in [6.45, 7) is 0. The first-order valence-corrected chi connectivity index (χ1v) is 6.98. The molecule has 3 heteroatoms. The van der Waals surface area contributed by atoms with E-state index in [2.05, 4.69) is 34.1 Å². The summed E-state index contributed by atoms with van der Waals surface area (Å²) in [5, 5.41) is 0. The molecule has 0 unspecified atom stereocenters. The first kappa shape index (κ1) is 13.9. The van der Waals surface area contributed by atoms with Crippen molar-refractivity contribution in [3.8, 4) is 11.5 Å². The Hall–Kier alpha value is -1.48. The van der Waals surface area contributed by atoms with Gasteiger partial charge < -0.3 is 9.47 Å². The van der Waals surface area contributed by atoms with Gasteiger partial charge in [-0.05, 0) is 58.1 Å². The van der Waals surface area contributed by atoms with Gasteiger partial charge in [0.15, 0.2) is 0 Å². The van der Waals surface area contributed by atoms with Crippen LogP contribution in [0.1, 0.15) is 11.1 Å². The number of aryl methyl sites for hydroxylation is 2. The topological polar surface area (TPSA) is 18.5 Å². The van der Waals surface area contributed by atoms with Crippen LogP contribution < -0.4 is 9.47 Å². The van der Waals surface area contributed by atoms with E-state index in [1.165, 1.54) is 11.1 Å². The van der Waals surface area contributed by atoms with Gasteiger partial charge in [-0.1, -0.05) is 24.3 Å². The molecule has 0 spiro atoms. The Kier molecular flexibility index (Phi) is 4.86. The fourth-order valence-corrected chi connectivity index (χ4v) is 2.64. The maximum Gasteiger partial charge on any atom is 0.133 e. The number of hydrogen-bond donors (Lipinski definition) is 0. The summed E-state index contributed by atoms with van der Waals surface area (Å²) in [5.41, 5.74) is 2.52. The van der Waals surface area contributed by atoms with Crippen molar-refractivity contribution in [1.29, 1.82) is 0 Å². The minimum atomic E-state index is 0.878. The van der Waals surface area contributed by atoms with E-state index in [9.17, 15) is 0 Å². The van der Waals surface area contributed by atoms with Crippen LogP contribution in [0.25, 0.3) is 0 Å². The van der Waals surface area contributed by atoms with E-state index in [0.717, 1.165) is 28.8 Å². The van der Waals surface area contributed by atoms with Crippen molar-refractivity contribution in [2.24, 2.45) is 0 Å². The molecular formula is C16H17BrO2. The smallest absolute Gasteiger partial charge is 0.133 e. The van der Waals surface area contributed by atoms with E-state index >= 15 is 0 Å². The van der Waals surface area contributed by atoms with Crippen molar-refractivity contribution in [1.82, 2.24) is 0 Å². The second kappa shape index (κ2) is 6.62. The van der Waals surface area contributed by atoms with E-state index in [-0.39, 0.29) is 0 Å². The quantitative estimate of drug-likeness (QED) is 0.819. The molecule has 2 nitrogen and oxygen atoms in total. The van der Waals surface area contributed by atoms with Crippen LogP contribution in [-0.2, 0) is 12.8 Å². The van der Waals surface area contributed by atoms with Gasteiger partial charge in [-0.25, -0.2) is 0 Å². The highest BCUT2D eigenvalue weighted by atomic mass is 79.9. The molecule has 0 aliphatic carbocycles. The molecule has 100 valence electrons. The zero-order valence-corrected chi connectivity index (χ0v) is 12.7. The zero-order valence-electron chi connectivity index (χ0n) is 11.2. The van der Waals surface area contributed by atoms with Gasteiger partial charge in [-0.3, -0.25) is 0 Å². The summed E-state index contributed by atoms with van der Waals surface area (Å²) in [5.74, 6) is 1.78. The van der Waals surface area contributed by atoms with Gasteiger partial charge >= 0.3 is 0 Å². The fourth-order valence-electron chi connectivity index (χ4n) is 2.01. The minimum absolute atomic E-state index is 0.878. The number of benzene rings is 2. The molecule has 0 saturated heterocycles. The molecule has 0 atom stereocenters. The van der Waals surface area contributed by atoms with E-state index in [1.807, 2.05) is 24.3 Å². The fraction of sp³-hybridized carbons (Fsp3) is 0.250. The third kappa shape index (κ3) is 3.51. The highest BCUT2D eigenvalue weighted by molar-refractivity contribution is 9.10. The lowest BCUT2D eigenvalue weighted by atomic mass is 10.0. The molecule has 0 fully saturated rings. The molecule has 0 amide bonds. The second-order valence-corrected chi connectivity index (χ2v) is 5.08. The van der Waals surface area contributed by atoms with E-state index in [0.29, 0.717) is 0 Å². The Balaban J connectivity index is 2.10. The van der Waals surface area contributed by atoms with Crippen LogP contribution in [0.15, 0.2) is 46.9 Å². The van der Waals surface area contributed by atoms with Gasteiger partial charge in [0.05, 0.1) is 18.7 Å². The standard InChI is InChI=1S/C16H17BrO2/c1-18-14-7-3-5-12(11-14)9-10-13-6-4-8-15(19-2)16(13)17/h3-8,11H,9-10H2,1-2H3. The lowest BCUT2D eigenvalue weighted by Crippen LogP contribution is -1.95. The van der Waals surface area contributed by atoms with Crippen molar-refractivity contribution in [3.63, 3.8) is 0 Å². The van der Waals surface area contributed by atoms with Crippen LogP contribution in [0.3, 0.4) is 0 Å². The largest absolute Gasteiger partial charge is 0.497 e. The molecular weight excluding hydrogens is 304 g/mol. The molecule has 0 aliphatic rings. The first-order valence-electron chi connectivity index (χ1n) is 6.19. The molecule has 0 N–H and O–H groups in total. The minimum Gasteiger partial charge on any atom is -0.497 e. The molecule has 19 heavy (non-hydrogen) atoms. The van der Waals surface area contributed by atoms with Gasteiger partial charge in [0, 0.05) is 0 Å². The summed E-state index contributed by atoms with van der Waals surface area (Å²) in [4.78, 5) is 0. The Morgan fingerprint density at radius 3 is 2.47 bits per heavy atom. The van der Waals surface area contributed by atoms with Gasteiger partial charge in [-0.2, -0.15) is 0 Å². The Labute approximate surface area is 122 Å². The molecule has 2 aromatic carbocycles. The molecule has 2 aromatic rings. The van der Waals surface area contributed by atoms with Crippen LogP contribution in [0.5, 0.6) is 11.5 Å². The third-order valence-corrected chi connectivity index (χ3v) is 3.98. The molecule has 2 rings (SSSR count). The van der Waals surface area contributed by atoms with E-state index in [1.54, 1.807) is 14.2 Å². The van der Waals surface area contributed by atoms with Crippen molar-refractivity contribution >= 4 is 15.9 Å². The van der Waals surface area contributed by atoms with Gasteiger partial charge in [0.1, 0.15) is 11.5 Å². The first-order chi connectivity index (χ1) is 9.24. The van der Waals surface area contributed by atoms with E-state index in [4.69, 9.17) is 9.47 Å². The predicted molar refractivity (Wildman–Crippen MR) is 81.1 cm³/mol. The van der Waals surface area contributed by atoms with Crippen molar-refractivity contribution < 1.29 is 9.47 Å². The highest BCUT2D eigenvalue weighted by Crippen LogP contribution is 2.29. The van der Waals surface area contributed by atoms with Crippen molar-refractivity contribution in [2.75, 3.05) is 14.2 Å². The summed E-state index contributed by atoms with van der Waals surface area (Å²) in [7, 11) is 3.38. The molecule has 0 heterocycles. The van der Waals surface area contributed by atoms with Gasteiger partial charge in [0.2, 0.25) is 0 Å². The van der Waals surface area contributed by atoms with Crippen LogP contribution in [0.2, 0.25) is 0 Å². The normalized spacial score (nSPS) is 10.3. The van der Waals surface area contributed by atoms with E-state index < -0.39 is 0 Å². The predicted octanol–water partition coefficient (Wildman–Crippen LogP) is 4.25. The third-order valence-electron chi connectivity index (χ3n) is 3.08. The van der Waals surface area contributed by atoms with Crippen molar-refractivity contribution in [2.45, 2.75) is 12.8 Å². The van der Waals surface area contributed by atoms with Gasteiger partial charge in [-0.15, -0.1) is 0 Å². The molecule has 0 radical (unpaired) electrons. The monoisotopic (exact) mass is 320 g/mol. The van der Waals surface area contributed by atoms with Gasteiger partial charge in [0.25, 0.3) is 0 Å². The molecule has 0 bridgehead atoms. The van der Waals surface area contributed by atoms with Crippen LogP contribution in [-0.4, -0.2) is 14.2 Å². The Morgan fingerprint density at radius 1 is 0.947 bits per heavy atom. The number of ether oxygens (including phenoxy) is 2. The number of hydrogen-bond acceptors (Lipinski definition) is 2. The van der Waals surface area contributed by atoms with Crippen LogP contribution in [0, 0.1) is 0 Å². The SMILES string of the molecule is COc1cccc(CCc2cccc(OC)c2Br)c1. The average molecular weight is 321 g/mol. The van der Waals surface area contributed by atoms with Crippen LogP contribution in [0.4, 0.5) is 0 Å². The van der Waals surface area contributed by atoms with Crippen LogP contribution >= 0.6 is 15.9 Å². The number of halogens is 1. The summed E-state index contributed by atoms with van der Waals surface area (Å²) < 4.78 is 11.6. The molecule has 0 aliphatic heterocycles. The maximum absolute atomic E-state index is 5.31. The molecule has 0 aromatic heterocycles. The number of methoxy groups -OCH3 is 2. The lowest BCUT2D eigenvalue weighted by Gasteiger charge is -2.09. The average Bonchev–Trinajstić information content (AvgIpc) is 2.46. The summed E-state index contributed by atoms with van der Waals surface area (Å²) >= 11 is 3.59.